The normalized spacial score (nSPS) is 9.38. The van der Waals surface area contributed by atoms with Crippen LogP contribution < -0.4 is 29.6 Å². The number of hydrogen-bond acceptors (Lipinski definition) is 5. The van der Waals surface area contributed by atoms with Crippen LogP contribution in [0, 0.1) is 0 Å². The first kappa shape index (κ1) is 24.2. The van der Waals surface area contributed by atoms with E-state index in [0.717, 1.165) is 0 Å². The molecule has 0 aliphatic rings. The Labute approximate surface area is 113 Å². The van der Waals surface area contributed by atoms with Crippen molar-refractivity contribution < 1.29 is 62.3 Å². The zero-order valence-corrected chi connectivity index (χ0v) is 12.1. The Balaban J connectivity index is -0.0000000292. The van der Waals surface area contributed by atoms with Gasteiger partial charge in [-0.05, 0) is 0 Å². The smallest absolute Gasteiger partial charge is 1.00 e. The molecule has 0 bridgehead atoms. The maximum atomic E-state index is 9.11. The predicted octanol–water partition coefficient (Wildman–Crippen LogP) is -3.39. The predicted molar refractivity (Wildman–Crippen MR) is 50.7 cm³/mol. The third-order valence-corrected chi connectivity index (χ3v) is 0. The Hall–Kier alpha value is 1.83. The van der Waals surface area contributed by atoms with Gasteiger partial charge in [0.1, 0.15) is 0 Å². The molecule has 0 amide bonds. The van der Waals surface area contributed by atoms with Gasteiger partial charge in [-0.25, -0.2) is 0 Å². The minimum absolute atomic E-state index is 0. The van der Waals surface area contributed by atoms with Crippen LogP contribution in [0.3, 0.4) is 0 Å². The maximum absolute atomic E-state index is 9.11. The molecule has 0 saturated carbocycles. The first-order chi connectivity index (χ1) is 5.00. The van der Waals surface area contributed by atoms with Gasteiger partial charge in [0.25, 0.3) is 18.1 Å². The van der Waals surface area contributed by atoms with E-state index in [0.29, 0.717) is 0 Å². The summed E-state index contributed by atoms with van der Waals surface area (Å²) in [6.45, 7) is 0. The van der Waals surface area contributed by atoms with Crippen LogP contribution in [0.4, 0.5) is 0 Å². The summed E-state index contributed by atoms with van der Waals surface area (Å²) in [7, 11) is -7.67. The fourth-order valence-electron chi connectivity index (χ4n) is 0. The topological polar surface area (TPSA) is 135 Å². The molecule has 5 N–H and O–H groups in total. The summed E-state index contributed by atoms with van der Waals surface area (Å²) < 4.78 is 54.4. The molecule has 0 aromatic carbocycles. The van der Waals surface area contributed by atoms with Crippen LogP contribution in [0.15, 0.2) is 0 Å². The molecule has 0 atom stereocenters. The summed E-state index contributed by atoms with van der Waals surface area (Å²) in [5, 5.41) is 0. The molecule has 0 rings (SSSR count). The molecule has 0 spiro atoms. The van der Waals surface area contributed by atoms with Crippen molar-refractivity contribution >= 4 is 52.3 Å². The fourth-order valence-corrected chi connectivity index (χ4v) is 0. The Morgan fingerprint density at radius 3 is 0.923 bits per heavy atom. The minimum atomic E-state index is -3.83. The van der Waals surface area contributed by atoms with Crippen molar-refractivity contribution in [3.63, 3.8) is 0 Å². The second-order valence-electron chi connectivity index (χ2n) is 0.896. The first-order valence-electron chi connectivity index (χ1n) is 1.57. The molecular weight excluding hydrogens is 299 g/mol. The van der Waals surface area contributed by atoms with Gasteiger partial charge >= 0.3 is 29.6 Å². The molecule has 0 radical (unpaired) electrons. The third-order valence-electron chi connectivity index (χ3n) is 0. The second-order valence-corrected chi connectivity index (χ2v) is 5.29. The molecule has 0 fully saturated rings. The van der Waals surface area contributed by atoms with Crippen LogP contribution >= 0.6 is 11.9 Å². The van der Waals surface area contributed by atoms with Crippen LogP contribution in [0.2, 0.25) is 0 Å². The molecule has 0 saturated heterocycles. The van der Waals surface area contributed by atoms with Gasteiger partial charge in [-0.1, -0.05) is 0 Å². The molecule has 13 heavy (non-hydrogen) atoms. The molecule has 13 heteroatoms. The van der Waals surface area contributed by atoms with Crippen LogP contribution in [0.5, 0.6) is 0 Å². The fraction of sp³-hybridized carbons (Fsp3) is 0. The van der Waals surface area contributed by atoms with Crippen LogP contribution in [-0.4, -0.2) is 31.3 Å². The van der Waals surface area contributed by atoms with Gasteiger partial charge in [-0.15, -0.1) is 0 Å². The van der Waals surface area contributed by atoms with Crippen molar-refractivity contribution in [2.45, 2.75) is 0 Å². The summed E-state index contributed by atoms with van der Waals surface area (Å²) in [6, 6.07) is 0. The number of hydrogen-bond donors (Lipinski definition) is 5. The summed E-state index contributed by atoms with van der Waals surface area (Å²) in [5.41, 5.74) is 0. The van der Waals surface area contributed by atoms with Crippen molar-refractivity contribution in [1.29, 1.82) is 0 Å². The molecule has 0 heterocycles. The minimum Gasteiger partial charge on any atom is -1.00 e. The van der Waals surface area contributed by atoms with Gasteiger partial charge in [0.05, 0.1) is 11.9 Å². The van der Waals surface area contributed by atoms with E-state index in [1.165, 1.54) is 0 Å². The molecular formula is H6ClNaO7S4. The van der Waals surface area contributed by atoms with Crippen molar-refractivity contribution in [3.05, 3.63) is 0 Å². The average Bonchev–Trinajstić information content (AvgIpc) is 1.59. The summed E-state index contributed by atoms with van der Waals surface area (Å²) in [4.78, 5) is 0. The molecule has 0 aromatic heterocycles. The zero-order valence-electron chi connectivity index (χ0n) is 7.06. The molecule has 0 aliphatic heterocycles. The van der Waals surface area contributed by atoms with Gasteiger partial charge in [0.2, 0.25) is 0 Å². The monoisotopic (exact) mass is 304 g/mol. The van der Waals surface area contributed by atoms with E-state index >= 15 is 0 Å². The van der Waals surface area contributed by atoms with E-state index in [4.69, 9.17) is 31.3 Å². The Morgan fingerprint density at radius 2 is 0.923 bits per heavy atom. The van der Waals surface area contributed by atoms with E-state index < -0.39 is 18.1 Å². The van der Waals surface area contributed by atoms with Gasteiger partial charge < -0.3 is 1.43 Å². The van der Waals surface area contributed by atoms with Crippen molar-refractivity contribution in [2.75, 3.05) is 0 Å². The number of halogens is 1. The molecule has 0 unspecified atom stereocenters. The number of rotatable bonds is 0. The Morgan fingerprint density at radius 1 is 0.923 bits per heavy atom. The van der Waals surface area contributed by atoms with E-state index in [1.807, 2.05) is 0 Å². The SMILES string of the molecule is O=S(O)(O)=S.O=S(O)(O)=S.OCl.[H-].[Na+]. The second kappa shape index (κ2) is 11.9. The Kier molecular flexibility index (Phi) is 22.1. The molecule has 0 aliphatic carbocycles. The largest absolute Gasteiger partial charge is 1.00 e. The van der Waals surface area contributed by atoms with Crippen molar-refractivity contribution in [3.8, 4) is 0 Å². The van der Waals surface area contributed by atoms with Gasteiger partial charge in [-0.3, -0.25) is 22.9 Å². The van der Waals surface area contributed by atoms with E-state index in [-0.39, 0.29) is 31.0 Å². The molecule has 7 nitrogen and oxygen atoms in total. The van der Waals surface area contributed by atoms with Gasteiger partial charge in [-0.2, -0.15) is 8.42 Å². The quantitative estimate of drug-likeness (QED) is 0.290. The van der Waals surface area contributed by atoms with Gasteiger partial charge in [0, 0.05) is 22.4 Å². The summed E-state index contributed by atoms with van der Waals surface area (Å²) >= 11 is 10.6. The summed E-state index contributed by atoms with van der Waals surface area (Å²) in [6.07, 6.45) is 0. The van der Waals surface area contributed by atoms with Crippen molar-refractivity contribution in [2.24, 2.45) is 0 Å². The van der Waals surface area contributed by atoms with E-state index in [9.17, 15) is 0 Å². The van der Waals surface area contributed by atoms with Crippen molar-refractivity contribution in [1.82, 2.24) is 0 Å². The van der Waals surface area contributed by atoms with E-state index in [1.54, 1.807) is 0 Å². The third kappa shape index (κ3) is 578. The first-order valence-corrected chi connectivity index (χ1v) is 6.70. The molecule has 0 aromatic rings. The van der Waals surface area contributed by atoms with E-state index in [2.05, 4.69) is 34.2 Å². The zero-order chi connectivity index (χ0) is 11.0. The van der Waals surface area contributed by atoms with Crippen LogP contribution in [-0.2, 0) is 40.5 Å². The molecule has 80 valence electrons. The summed E-state index contributed by atoms with van der Waals surface area (Å²) in [5.74, 6) is 0. The van der Waals surface area contributed by atoms with Crippen LogP contribution in [0.1, 0.15) is 1.43 Å². The Bertz CT molecular complexity index is 222. The van der Waals surface area contributed by atoms with Crippen LogP contribution in [0.25, 0.3) is 0 Å². The standard InChI is InChI=1S/ClHO.Na.2H2O3S2.H/c1-2;;2*1-5(2,3)4;/h2H;;2*(H2,1,2,3,4);/q;+1;;;-1. The average molecular weight is 305 g/mol. The maximum Gasteiger partial charge on any atom is 1.00 e. The van der Waals surface area contributed by atoms with Gasteiger partial charge in [0.15, 0.2) is 0 Å².